The monoisotopic (exact) mass is 286 g/mol. The molecule has 1 heterocycles. The number of rotatable bonds is 4. The fraction of sp³-hybridized carbons (Fsp3) is 0.294. The van der Waals surface area contributed by atoms with Gasteiger partial charge < -0.3 is 9.84 Å². The van der Waals surface area contributed by atoms with Crippen molar-refractivity contribution in [1.29, 1.82) is 0 Å². The Morgan fingerprint density at radius 1 is 1.25 bits per heavy atom. The number of hydrogen-bond donors (Lipinski definition) is 1. The molecule has 3 heteroatoms. The summed E-state index contributed by atoms with van der Waals surface area (Å²) >= 11 is 1.65. The van der Waals surface area contributed by atoms with Gasteiger partial charge in [-0.15, -0.1) is 11.3 Å². The van der Waals surface area contributed by atoms with E-state index in [1.807, 2.05) is 17.5 Å². The van der Waals surface area contributed by atoms with Gasteiger partial charge in [0.1, 0.15) is 12.4 Å². The van der Waals surface area contributed by atoms with Crippen LogP contribution in [0.25, 0.3) is 0 Å². The zero-order valence-corrected chi connectivity index (χ0v) is 12.6. The lowest BCUT2D eigenvalue weighted by Gasteiger charge is -2.08. The van der Waals surface area contributed by atoms with Crippen LogP contribution in [0.1, 0.15) is 28.0 Å². The van der Waals surface area contributed by atoms with E-state index >= 15 is 0 Å². The van der Waals surface area contributed by atoms with Crippen LogP contribution in [0.15, 0.2) is 29.6 Å². The average Bonchev–Trinajstić information content (AvgIpc) is 2.86. The standard InChI is InChI=1S/C17H18O2S/c1-13-6-7-17(14(2)9-13)19-11-16-10-15(12-20-16)5-3-4-8-18/h6-7,9-10,12,18H,4,8,11H2,1-2H3. The Kier molecular flexibility index (Phi) is 5.23. The lowest BCUT2D eigenvalue weighted by Crippen LogP contribution is -1.95. The third-order valence-electron chi connectivity index (χ3n) is 2.82. The van der Waals surface area contributed by atoms with E-state index in [4.69, 9.17) is 9.84 Å². The minimum absolute atomic E-state index is 0.111. The van der Waals surface area contributed by atoms with Crippen LogP contribution in [-0.2, 0) is 6.61 Å². The van der Waals surface area contributed by atoms with E-state index in [-0.39, 0.29) is 6.61 Å². The molecule has 0 spiro atoms. The highest BCUT2D eigenvalue weighted by atomic mass is 32.1. The number of ether oxygens (including phenoxy) is 1. The third-order valence-corrected chi connectivity index (χ3v) is 3.73. The summed E-state index contributed by atoms with van der Waals surface area (Å²) in [4.78, 5) is 1.15. The molecule has 0 aliphatic heterocycles. The molecule has 0 unspecified atom stereocenters. The maximum absolute atomic E-state index is 8.69. The van der Waals surface area contributed by atoms with E-state index < -0.39 is 0 Å². The van der Waals surface area contributed by atoms with Crippen LogP contribution in [-0.4, -0.2) is 11.7 Å². The van der Waals surface area contributed by atoms with Gasteiger partial charge in [-0.3, -0.25) is 0 Å². The number of aryl methyl sites for hydroxylation is 2. The normalized spacial score (nSPS) is 9.95. The molecule has 2 rings (SSSR count). The predicted molar refractivity (Wildman–Crippen MR) is 83.1 cm³/mol. The summed E-state index contributed by atoms with van der Waals surface area (Å²) < 4.78 is 5.84. The molecule has 20 heavy (non-hydrogen) atoms. The van der Waals surface area contributed by atoms with Crippen molar-refractivity contribution in [2.45, 2.75) is 26.9 Å². The van der Waals surface area contributed by atoms with Crippen LogP contribution in [0.5, 0.6) is 5.75 Å². The minimum atomic E-state index is 0.111. The summed E-state index contributed by atoms with van der Waals surface area (Å²) in [6.07, 6.45) is 0.518. The number of benzene rings is 1. The lowest BCUT2D eigenvalue weighted by atomic mass is 10.1. The molecule has 0 aliphatic rings. The van der Waals surface area contributed by atoms with Crippen molar-refractivity contribution in [3.05, 3.63) is 51.2 Å². The van der Waals surface area contributed by atoms with E-state index in [9.17, 15) is 0 Å². The molecule has 2 aromatic rings. The van der Waals surface area contributed by atoms with Gasteiger partial charge in [0.15, 0.2) is 0 Å². The van der Waals surface area contributed by atoms with Gasteiger partial charge in [-0.05, 0) is 31.5 Å². The molecule has 0 aliphatic carbocycles. The topological polar surface area (TPSA) is 29.5 Å². The maximum Gasteiger partial charge on any atom is 0.122 e. The molecular weight excluding hydrogens is 268 g/mol. The van der Waals surface area contributed by atoms with E-state index in [0.717, 1.165) is 21.8 Å². The van der Waals surface area contributed by atoms with Crippen molar-refractivity contribution in [3.63, 3.8) is 0 Å². The first kappa shape index (κ1) is 14.6. The van der Waals surface area contributed by atoms with Crippen molar-refractivity contribution in [2.75, 3.05) is 6.61 Å². The van der Waals surface area contributed by atoms with E-state index in [1.165, 1.54) is 5.56 Å². The van der Waals surface area contributed by atoms with Gasteiger partial charge in [-0.2, -0.15) is 0 Å². The SMILES string of the molecule is Cc1ccc(OCc2cc(C#CCCO)cs2)c(C)c1. The van der Waals surface area contributed by atoms with Gasteiger partial charge in [0.2, 0.25) is 0 Å². The molecule has 1 N–H and O–H groups in total. The van der Waals surface area contributed by atoms with Crippen LogP contribution in [0.3, 0.4) is 0 Å². The quantitative estimate of drug-likeness (QED) is 0.869. The summed E-state index contributed by atoms with van der Waals surface area (Å²) in [5.41, 5.74) is 3.39. The summed E-state index contributed by atoms with van der Waals surface area (Å²) in [5.74, 6) is 6.88. The van der Waals surface area contributed by atoms with Crippen molar-refractivity contribution >= 4 is 11.3 Å². The van der Waals surface area contributed by atoms with Crippen LogP contribution in [0, 0.1) is 25.7 Å². The molecule has 0 atom stereocenters. The second kappa shape index (κ2) is 7.14. The number of aliphatic hydroxyl groups is 1. The zero-order valence-electron chi connectivity index (χ0n) is 11.8. The average molecular weight is 286 g/mol. The van der Waals surface area contributed by atoms with E-state index in [2.05, 4.69) is 37.8 Å². The van der Waals surface area contributed by atoms with E-state index in [1.54, 1.807) is 11.3 Å². The molecule has 0 saturated heterocycles. The highest BCUT2D eigenvalue weighted by Gasteiger charge is 2.02. The van der Waals surface area contributed by atoms with Gasteiger partial charge in [-0.1, -0.05) is 29.5 Å². The molecule has 0 bridgehead atoms. The van der Waals surface area contributed by atoms with Crippen LogP contribution in [0.4, 0.5) is 0 Å². The highest BCUT2D eigenvalue weighted by Crippen LogP contribution is 2.22. The van der Waals surface area contributed by atoms with Crippen molar-refractivity contribution < 1.29 is 9.84 Å². The predicted octanol–water partition coefficient (Wildman–Crippen LogP) is 3.68. The third kappa shape index (κ3) is 4.12. The Balaban J connectivity index is 1.96. The molecule has 1 aromatic heterocycles. The van der Waals surface area contributed by atoms with Crippen molar-refractivity contribution in [1.82, 2.24) is 0 Å². The zero-order chi connectivity index (χ0) is 14.4. The molecule has 2 nitrogen and oxygen atoms in total. The second-order valence-corrected chi connectivity index (χ2v) is 5.63. The summed E-state index contributed by atoms with van der Waals surface area (Å²) in [5, 5.41) is 10.7. The van der Waals surface area contributed by atoms with Gasteiger partial charge >= 0.3 is 0 Å². The molecule has 0 amide bonds. The molecule has 0 saturated carbocycles. The first-order valence-corrected chi connectivity index (χ1v) is 7.44. The van der Waals surface area contributed by atoms with Gasteiger partial charge in [0.05, 0.1) is 6.61 Å². The van der Waals surface area contributed by atoms with Crippen LogP contribution >= 0.6 is 11.3 Å². The van der Waals surface area contributed by atoms with Crippen LogP contribution in [0.2, 0.25) is 0 Å². The fourth-order valence-corrected chi connectivity index (χ4v) is 2.58. The first-order chi connectivity index (χ1) is 9.69. The number of thiophene rings is 1. The summed E-state index contributed by atoms with van der Waals surface area (Å²) in [7, 11) is 0. The Labute approximate surface area is 124 Å². The fourth-order valence-electron chi connectivity index (χ4n) is 1.85. The number of hydrogen-bond acceptors (Lipinski definition) is 3. The maximum atomic E-state index is 8.69. The highest BCUT2D eigenvalue weighted by molar-refractivity contribution is 7.10. The van der Waals surface area contributed by atoms with Crippen molar-refractivity contribution in [3.8, 4) is 17.6 Å². The lowest BCUT2D eigenvalue weighted by molar-refractivity contribution is 0.305. The first-order valence-electron chi connectivity index (χ1n) is 6.56. The molecular formula is C17H18O2S. The summed E-state index contributed by atoms with van der Waals surface area (Å²) in [6.45, 7) is 4.81. The smallest absolute Gasteiger partial charge is 0.122 e. The van der Waals surface area contributed by atoms with E-state index in [0.29, 0.717) is 13.0 Å². The number of aliphatic hydroxyl groups excluding tert-OH is 1. The second-order valence-electron chi connectivity index (χ2n) is 4.63. The van der Waals surface area contributed by atoms with Crippen molar-refractivity contribution in [2.24, 2.45) is 0 Å². The van der Waals surface area contributed by atoms with Gasteiger partial charge in [0, 0.05) is 22.2 Å². The van der Waals surface area contributed by atoms with Crippen LogP contribution < -0.4 is 4.74 Å². The molecule has 0 radical (unpaired) electrons. The Morgan fingerprint density at radius 3 is 2.85 bits per heavy atom. The van der Waals surface area contributed by atoms with Gasteiger partial charge in [-0.25, -0.2) is 0 Å². The Morgan fingerprint density at radius 2 is 2.10 bits per heavy atom. The largest absolute Gasteiger partial charge is 0.488 e. The van der Waals surface area contributed by atoms with Gasteiger partial charge in [0.25, 0.3) is 0 Å². The Bertz CT molecular complexity index is 632. The molecule has 104 valence electrons. The molecule has 0 fully saturated rings. The summed E-state index contributed by atoms with van der Waals surface area (Å²) in [6, 6.07) is 8.23. The minimum Gasteiger partial charge on any atom is -0.488 e. The molecule has 1 aromatic carbocycles. The Hall–Kier alpha value is -1.76.